The lowest BCUT2D eigenvalue weighted by molar-refractivity contribution is 0.148. The summed E-state index contributed by atoms with van der Waals surface area (Å²) in [5, 5.41) is 18.4. The van der Waals surface area contributed by atoms with Crippen LogP contribution in [-0.2, 0) is 0 Å². The van der Waals surface area contributed by atoms with Crippen LogP contribution in [0, 0.1) is 34.8 Å². The molecular formula is C21H14F2N4O4. The van der Waals surface area contributed by atoms with Gasteiger partial charge in [0, 0.05) is 31.0 Å². The molecule has 1 saturated heterocycles. The van der Waals surface area contributed by atoms with Crippen LogP contribution >= 0.6 is 0 Å². The number of carboxylic acid groups (broad SMARTS) is 1. The highest BCUT2D eigenvalue weighted by atomic mass is 19.1. The maximum Gasteiger partial charge on any atom is 0.407 e. The molecule has 8 nitrogen and oxygen atoms in total. The maximum atomic E-state index is 14.1. The van der Waals surface area contributed by atoms with Crippen LogP contribution in [0.15, 0.2) is 41.5 Å². The van der Waals surface area contributed by atoms with Crippen molar-refractivity contribution in [2.45, 2.75) is 6.04 Å². The van der Waals surface area contributed by atoms with Gasteiger partial charge in [-0.25, -0.2) is 18.6 Å². The fourth-order valence-electron chi connectivity index (χ4n) is 4.31. The van der Waals surface area contributed by atoms with Gasteiger partial charge < -0.3 is 14.7 Å². The van der Waals surface area contributed by atoms with E-state index < -0.39 is 29.0 Å². The Labute approximate surface area is 173 Å². The first-order valence-corrected chi connectivity index (χ1v) is 9.43. The second-order valence-corrected chi connectivity index (χ2v) is 7.59. The molecule has 0 bridgehead atoms. The van der Waals surface area contributed by atoms with E-state index in [1.165, 1.54) is 34.0 Å². The predicted octanol–water partition coefficient (Wildman–Crippen LogP) is 3.12. The summed E-state index contributed by atoms with van der Waals surface area (Å²) in [4.78, 5) is 29.8. The van der Waals surface area contributed by atoms with Crippen molar-refractivity contribution < 1.29 is 23.4 Å². The minimum atomic E-state index is -0.974. The predicted molar refractivity (Wildman–Crippen MR) is 103 cm³/mol. The molecule has 3 aromatic rings. The van der Waals surface area contributed by atoms with Crippen molar-refractivity contribution in [3.63, 3.8) is 0 Å². The average Bonchev–Trinajstić information content (AvgIpc) is 3.22. The number of aromatic nitrogens is 2. The molecule has 2 unspecified atom stereocenters. The van der Waals surface area contributed by atoms with E-state index in [-0.39, 0.29) is 34.6 Å². The highest BCUT2D eigenvalue weighted by molar-refractivity contribution is 5.79. The molecule has 0 radical (unpaired) electrons. The first-order valence-electron chi connectivity index (χ1n) is 9.43. The molecule has 1 saturated carbocycles. The fraction of sp³-hybridized carbons (Fsp3) is 0.238. The van der Waals surface area contributed by atoms with Crippen LogP contribution in [-0.4, -0.2) is 38.7 Å². The first-order chi connectivity index (χ1) is 14.9. The number of likely N-dealkylation sites (tertiary alicyclic amines) is 1. The van der Waals surface area contributed by atoms with E-state index in [2.05, 4.69) is 4.98 Å². The van der Waals surface area contributed by atoms with Gasteiger partial charge in [0.1, 0.15) is 23.2 Å². The number of hydrogen-bond donors (Lipinski definition) is 1. The Bertz CT molecular complexity index is 1340. The van der Waals surface area contributed by atoms with Crippen LogP contribution in [0.4, 0.5) is 13.6 Å². The smallest absolute Gasteiger partial charge is 0.407 e. The van der Waals surface area contributed by atoms with Crippen molar-refractivity contribution in [3.05, 3.63) is 64.2 Å². The number of rotatable bonds is 3. The van der Waals surface area contributed by atoms with Gasteiger partial charge in [0.25, 0.3) is 5.56 Å². The Balaban J connectivity index is 1.48. The Morgan fingerprint density at radius 2 is 1.90 bits per heavy atom. The minimum absolute atomic E-state index is 0.0539. The highest BCUT2D eigenvalue weighted by Crippen LogP contribution is 2.54. The third-order valence-corrected chi connectivity index (χ3v) is 5.89. The number of amides is 1. The van der Waals surface area contributed by atoms with Crippen molar-refractivity contribution in [3.8, 4) is 17.6 Å². The molecular weight excluding hydrogens is 410 g/mol. The Kier molecular flexibility index (Phi) is 4.15. The second kappa shape index (κ2) is 6.77. The molecule has 2 heterocycles. The number of nitriles is 1. The van der Waals surface area contributed by atoms with E-state index in [0.717, 1.165) is 12.1 Å². The Morgan fingerprint density at radius 1 is 1.19 bits per heavy atom. The van der Waals surface area contributed by atoms with E-state index in [1.54, 1.807) is 6.07 Å². The maximum absolute atomic E-state index is 14.1. The van der Waals surface area contributed by atoms with E-state index in [0.29, 0.717) is 18.6 Å². The molecule has 1 amide bonds. The van der Waals surface area contributed by atoms with Gasteiger partial charge in [0.2, 0.25) is 0 Å². The van der Waals surface area contributed by atoms with Gasteiger partial charge in [0.15, 0.2) is 11.6 Å². The van der Waals surface area contributed by atoms with Gasteiger partial charge in [-0.3, -0.25) is 9.36 Å². The monoisotopic (exact) mass is 424 g/mol. The number of carbonyl (C=O) groups is 1. The minimum Gasteiger partial charge on any atom is -0.465 e. The first kappa shape index (κ1) is 19.0. The molecule has 1 aliphatic heterocycles. The van der Waals surface area contributed by atoms with Crippen LogP contribution in [0.1, 0.15) is 11.6 Å². The van der Waals surface area contributed by atoms with E-state index in [9.17, 15) is 18.4 Å². The van der Waals surface area contributed by atoms with Crippen LogP contribution in [0.2, 0.25) is 0 Å². The van der Waals surface area contributed by atoms with Crippen molar-refractivity contribution in [2.75, 3.05) is 13.1 Å². The summed E-state index contributed by atoms with van der Waals surface area (Å²) >= 11 is 0. The van der Waals surface area contributed by atoms with Gasteiger partial charge in [-0.15, -0.1) is 0 Å². The van der Waals surface area contributed by atoms with E-state index in [4.69, 9.17) is 15.1 Å². The van der Waals surface area contributed by atoms with Crippen molar-refractivity contribution >= 4 is 17.0 Å². The van der Waals surface area contributed by atoms with Gasteiger partial charge in [-0.1, -0.05) is 0 Å². The van der Waals surface area contributed by atoms with Crippen molar-refractivity contribution in [1.82, 2.24) is 14.5 Å². The molecule has 1 aliphatic carbocycles. The van der Waals surface area contributed by atoms with E-state index in [1.807, 2.05) is 0 Å². The number of ether oxygens (including phenoxy) is 1. The van der Waals surface area contributed by atoms with Crippen LogP contribution in [0.5, 0.6) is 11.5 Å². The summed E-state index contributed by atoms with van der Waals surface area (Å²) in [6.45, 7) is 0.738. The number of fused-ring (bicyclic) bond motifs is 2. The topological polar surface area (TPSA) is 108 Å². The molecule has 0 spiro atoms. The number of benzene rings is 2. The molecule has 1 N–H and O–H groups in total. The van der Waals surface area contributed by atoms with Gasteiger partial charge in [-0.2, -0.15) is 5.26 Å². The summed E-state index contributed by atoms with van der Waals surface area (Å²) in [6, 6.07) is 7.46. The van der Waals surface area contributed by atoms with Crippen molar-refractivity contribution in [2.24, 2.45) is 11.8 Å². The summed E-state index contributed by atoms with van der Waals surface area (Å²) in [6.07, 6.45) is 0.470. The average molecular weight is 424 g/mol. The summed E-state index contributed by atoms with van der Waals surface area (Å²) < 4.78 is 34.9. The number of nitrogens with zero attached hydrogens (tertiary/aromatic N) is 4. The van der Waals surface area contributed by atoms with Gasteiger partial charge in [-0.05, 0) is 30.3 Å². The molecule has 2 fully saturated rings. The molecule has 2 atom stereocenters. The van der Waals surface area contributed by atoms with Gasteiger partial charge in [0.05, 0.1) is 17.2 Å². The molecule has 1 aromatic heterocycles. The number of piperidine rings is 1. The summed E-state index contributed by atoms with van der Waals surface area (Å²) in [5.41, 5.74) is -0.513. The summed E-state index contributed by atoms with van der Waals surface area (Å²) in [5.74, 6) is -2.20. The zero-order valence-electron chi connectivity index (χ0n) is 15.8. The quantitative estimate of drug-likeness (QED) is 0.692. The molecule has 10 heteroatoms. The molecule has 156 valence electrons. The molecule has 2 aromatic carbocycles. The third kappa shape index (κ3) is 2.97. The Hall–Kier alpha value is -4.00. The lowest BCUT2D eigenvalue weighted by atomic mass is 10.2. The molecule has 31 heavy (non-hydrogen) atoms. The van der Waals surface area contributed by atoms with Crippen LogP contribution in [0.3, 0.4) is 0 Å². The van der Waals surface area contributed by atoms with Crippen LogP contribution < -0.4 is 10.3 Å². The summed E-state index contributed by atoms with van der Waals surface area (Å²) in [7, 11) is 0. The zero-order valence-corrected chi connectivity index (χ0v) is 15.8. The lowest BCUT2D eigenvalue weighted by Crippen LogP contribution is -2.32. The number of hydrogen-bond acceptors (Lipinski definition) is 5. The largest absolute Gasteiger partial charge is 0.465 e. The third-order valence-electron chi connectivity index (χ3n) is 5.89. The molecule has 2 aliphatic rings. The highest BCUT2D eigenvalue weighted by Gasteiger charge is 2.58. The van der Waals surface area contributed by atoms with Crippen molar-refractivity contribution in [1.29, 1.82) is 5.26 Å². The normalized spacial score (nSPS) is 21.6. The second-order valence-electron chi connectivity index (χ2n) is 7.59. The van der Waals surface area contributed by atoms with E-state index >= 15 is 0 Å². The fourth-order valence-corrected chi connectivity index (χ4v) is 4.31. The SMILES string of the molecule is N#Cc1c(F)ccc(F)c1Oc1ccc2ncn(C3C4CN(C(=O)O)CC43)c(=O)c2c1. The molecule has 5 rings (SSSR count). The number of halogens is 2. The standard InChI is InChI=1S/C21H14F2N4O4/c22-15-2-3-16(23)19(12(15)6-24)31-10-1-4-17-11(5-10)20(28)27(9-25-17)18-13-7-26(21(29)30)8-14(13)18/h1-5,9,13-14,18H,7-8H2,(H,29,30). The zero-order chi connectivity index (χ0) is 21.9. The van der Waals surface area contributed by atoms with Gasteiger partial charge >= 0.3 is 6.09 Å². The lowest BCUT2D eigenvalue weighted by Gasteiger charge is -2.17. The van der Waals surface area contributed by atoms with Crippen LogP contribution in [0.25, 0.3) is 10.9 Å². The Morgan fingerprint density at radius 3 is 2.58 bits per heavy atom.